The van der Waals surface area contributed by atoms with Crippen LogP contribution in [0.1, 0.15) is 28.4 Å². The summed E-state index contributed by atoms with van der Waals surface area (Å²) >= 11 is 3.38. The monoisotopic (exact) mass is 538 g/mol. The number of rotatable bonds is 9. The van der Waals surface area contributed by atoms with E-state index in [9.17, 15) is 14.4 Å². The molecule has 0 aliphatic heterocycles. The Morgan fingerprint density at radius 1 is 0.914 bits per heavy atom. The summed E-state index contributed by atoms with van der Waals surface area (Å²) in [7, 11) is 2.80. The number of halogens is 1. The third-order valence-electron chi connectivity index (χ3n) is 5.66. The highest BCUT2D eigenvalue weighted by Crippen LogP contribution is 2.25. The number of benzene rings is 3. The molecular formula is C27H27BrN2O5. The van der Waals surface area contributed by atoms with Crippen LogP contribution in [0.4, 0.5) is 0 Å². The van der Waals surface area contributed by atoms with Gasteiger partial charge in [0.1, 0.15) is 11.8 Å². The van der Waals surface area contributed by atoms with Crippen LogP contribution < -0.4 is 15.4 Å². The van der Waals surface area contributed by atoms with Gasteiger partial charge in [-0.25, -0.2) is 4.79 Å². The molecule has 3 aromatic rings. The van der Waals surface area contributed by atoms with Crippen molar-refractivity contribution >= 4 is 33.7 Å². The van der Waals surface area contributed by atoms with Crippen molar-refractivity contribution in [2.75, 3.05) is 14.2 Å². The van der Waals surface area contributed by atoms with Crippen LogP contribution in [0, 0.1) is 0 Å². The van der Waals surface area contributed by atoms with Gasteiger partial charge in [-0.3, -0.25) is 9.59 Å². The summed E-state index contributed by atoms with van der Waals surface area (Å²) in [5.74, 6) is -0.989. The third-order valence-corrected chi connectivity index (χ3v) is 6.35. The zero-order chi connectivity index (χ0) is 25.4. The van der Waals surface area contributed by atoms with Crippen LogP contribution in [0.25, 0.3) is 0 Å². The average molecular weight is 539 g/mol. The largest absolute Gasteiger partial charge is 0.497 e. The predicted molar refractivity (Wildman–Crippen MR) is 136 cm³/mol. The van der Waals surface area contributed by atoms with E-state index in [0.717, 1.165) is 5.56 Å². The first-order valence-electron chi connectivity index (χ1n) is 10.9. The molecule has 0 aliphatic rings. The quantitative estimate of drug-likeness (QED) is 0.401. The zero-order valence-corrected chi connectivity index (χ0v) is 21.3. The summed E-state index contributed by atoms with van der Waals surface area (Å²) in [5, 5.41) is 5.63. The number of methoxy groups -OCH3 is 2. The lowest BCUT2D eigenvalue weighted by Gasteiger charge is -2.31. The molecule has 0 fully saturated rings. The molecule has 0 saturated carbocycles. The molecule has 0 aliphatic carbocycles. The lowest BCUT2D eigenvalue weighted by molar-refractivity contribution is -0.151. The Morgan fingerprint density at radius 3 is 2.14 bits per heavy atom. The van der Waals surface area contributed by atoms with Crippen LogP contribution in [0.3, 0.4) is 0 Å². The van der Waals surface area contributed by atoms with Crippen molar-refractivity contribution in [3.05, 3.63) is 100 Å². The van der Waals surface area contributed by atoms with Crippen LogP contribution in [0.15, 0.2) is 83.3 Å². The van der Waals surface area contributed by atoms with Gasteiger partial charge in [-0.2, -0.15) is 0 Å². The second kappa shape index (κ2) is 11.7. The van der Waals surface area contributed by atoms with E-state index in [2.05, 4.69) is 26.6 Å². The summed E-state index contributed by atoms with van der Waals surface area (Å²) in [6.07, 6.45) is 0.225. The van der Waals surface area contributed by atoms with Crippen LogP contribution in [0.5, 0.6) is 5.75 Å². The Kier molecular flexibility index (Phi) is 8.65. The fourth-order valence-corrected chi connectivity index (χ4v) is 4.11. The predicted octanol–water partition coefficient (Wildman–Crippen LogP) is 4.00. The molecule has 35 heavy (non-hydrogen) atoms. The molecule has 182 valence electrons. The summed E-state index contributed by atoms with van der Waals surface area (Å²) < 4.78 is 10.8. The molecule has 2 unspecified atom stereocenters. The van der Waals surface area contributed by atoms with E-state index in [1.54, 1.807) is 55.5 Å². The van der Waals surface area contributed by atoms with Crippen molar-refractivity contribution in [2.45, 2.75) is 24.9 Å². The highest BCUT2D eigenvalue weighted by molar-refractivity contribution is 9.10. The van der Waals surface area contributed by atoms with Gasteiger partial charge in [-0.05, 0) is 58.2 Å². The van der Waals surface area contributed by atoms with Gasteiger partial charge >= 0.3 is 5.97 Å². The van der Waals surface area contributed by atoms with Crippen LogP contribution in [0.2, 0.25) is 0 Å². The van der Waals surface area contributed by atoms with Crippen molar-refractivity contribution in [2.24, 2.45) is 0 Å². The Hall–Kier alpha value is -3.65. The smallest absolute Gasteiger partial charge is 0.336 e. The summed E-state index contributed by atoms with van der Waals surface area (Å²) in [6.45, 7) is 1.56. The van der Waals surface area contributed by atoms with E-state index in [1.807, 2.05) is 30.3 Å². The van der Waals surface area contributed by atoms with E-state index >= 15 is 0 Å². The van der Waals surface area contributed by atoms with Crippen molar-refractivity contribution in [1.29, 1.82) is 0 Å². The fraction of sp³-hybridized carbons (Fsp3) is 0.222. The van der Waals surface area contributed by atoms with Crippen molar-refractivity contribution in [3.8, 4) is 5.75 Å². The van der Waals surface area contributed by atoms with Gasteiger partial charge in [0.2, 0.25) is 5.91 Å². The SMILES string of the molecule is COC(=O)C(C)(NC(=O)C(Cc1ccccc1)NC(=O)c1ccccc1Br)c1ccc(OC)cc1. The number of esters is 1. The lowest BCUT2D eigenvalue weighted by Crippen LogP contribution is -2.57. The molecule has 2 atom stereocenters. The number of ether oxygens (including phenoxy) is 2. The average Bonchev–Trinajstić information content (AvgIpc) is 2.88. The normalized spacial score (nSPS) is 13.1. The second-order valence-electron chi connectivity index (χ2n) is 8.03. The third kappa shape index (κ3) is 6.27. The number of carbonyl (C=O) groups is 3. The molecule has 0 spiro atoms. The Morgan fingerprint density at radius 2 is 1.54 bits per heavy atom. The maximum atomic E-state index is 13.6. The topological polar surface area (TPSA) is 93.7 Å². The molecule has 3 rings (SSSR count). The van der Waals surface area contributed by atoms with Crippen molar-refractivity contribution < 1.29 is 23.9 Å². The van der Waals surface area contributed by atoms with Gasteiger partial charge in [-0.1, -0.05) is 54.6 Å². The molecule has 2 N–H and O–H groups in total. The molecule has 7 nitrogen and oxygen atoms in total. The molecule has 0 radical (unpaired) electrons. The number of carbonyl (C=O) groups excluding carboxylic acids is 3. The van der Waals surface area contributed by atoms with Gasteiger partial charge in [-0.15, -0.1) is 0 Å². The van der Waals surface area contributed by atoms with E-state index in [4.69, 9.17) is 9.47 Å². The van der Waals surface area contributed by atoms with Gasteiger partial charge in [0.15, 0.2) is 5.54 Å². The number of hydrogen-bond donors (Lipinski definition) is 2. The second-order valence-corrected chi connectivity index (χ2v) is 8.88. The fourth-order valence-electron chi connectivity index (χ4n) is 3.64. The first-order chi connectivity index (χ1) is 16.8. The molecule has 3 aromatic carbocycles. The zero-order valence-electron chi connectivity index (χ0n) is 19.7. The Labute approximate surface area is 213 Å². The van der Waals surface area contributed by atoms with Crippen LogP contribution >= 0.6 is 15.9 Å². The molecule has 2 amide bonds. The number of hydrogen-bond acceptors (Lipinski definition) is 5. The van der Waals surface area contributed by atoms with Gasteiger partial charge in [0, 0.05) is 10.9 Å². The van der Waals surface area contributed by atoms with Crippen LogP contribution in [-0.4, -0.2) is 38.0 Å². The highest BCUT2D eigenvalue weighted by atomic mass is 79.9. The highest BCUT2D eigenvalue weighted by Gasteiger charge is 2.40. The minimum absolute atomic E-state index is 0.225. The number of amides is 2. The number of nitrogens with one attached hydrogen (secondary N) is 2. The molecule has 0 saturated heterocycles. The minimum Gasteiger partial charge on any atom is -0.497 e. The molecular weight excluding hydrogens is 512 g/mol. The maximum Gasteiger partial charge on any atom is 0.336 e. The maximum absolute atomic E-state index is 13.6. The van der Waals surface area contributed by atoms with E-state index in [-0.39, 0.29) is 6.42 Å². The van der Waals surface area contributed by atoms with Crippen molar-refractivity contribution in [1.82, 2.24) is 10.6 Å². The standard InChI is InChI=1S/C27H27BrN2O5/c1-27(26(33)35-3,19-13-15-20(34-2)16-14-19)30-25(32)23(17-18-9-5-4-6-10-18)29-24(31)21-11-7-8-12-22(21)28/h4-16,23H,17H2,1-3H3,(H,29,31)(H,30,32). The summed E-state index contributed by atoms with van der Waals surface area (Å²) in [6, 6.07) is 22.1. The summed E-state index contributed by atoms with van der Waals surface area (Å²) in [5.41, 5.74) is 0.257. The van der Waals surface area contributed by atoms with E-state index < -0.39 is 29.4 Å². The molecule has 8 heteroatoms. The lowest BCUT2D eigenvalue weighted by atomic mass is 9.91. The first-order valence-corrected chi connectivity index (χ1v) is 11.7. The molecule has 0 bridgehead atoms. The van der Waals surface area contributed by atoms with Gasteiger partial charge < -0.3 is 20.1 Å². The van der Waals surface area contributed by atoms with Crippen molar-refractivity contribution in [3.63, 3.8) is 0 Å². The van der Waals surface area contributed by atoms with E-state index in [0.29, 0.717) is 21.3 Å². The van der Waals surface area contributed by atoms with Gasteiger partial charge in [0.05, 0.1) is 19.8 Å². The van der Waals surface area contributed by atoms with Gasteiger partial charge in [0.25, 0.3) is 5.91 Å². The molecule has 0 heterocycles. The summed E-state index contributed by atoms with van der Waals surface area (Å²) in [4.78, 5) is 39.4. The molecule has 0 aromatic heterocycles. The van der Waals surface area contributed by atoms with E-state index in [1.165, 1.54) is 14.2 Å². The Balaban J connectivity index is 1.92. The van der Waals surface area contributed by atoms with Crippen LogP contribution in [-0.2, 0) is 26.3 Å². The first kappa shape index (κ1) is 26.0. The minimum atomic E-state index is -1.49. The Bertz CT molecular complexity index is 1180.